The fourth-order valence-corrected chi connectivity index (χ4v) is 2.35. The highest BCUT2D eigenvalue weighted by molar-refractivity contribution is 6.41. The zero-order valence-corrected chi connectivity index (χ0v) is 12.5. The predicted molar refractivity (Wildman–Crippen MR) is 76.6 cm³/mol. The number of carbonyl (C=O) groups is 2. The summed E-state index contributed by atoms with van der Waals surface area (Å²) in [7, 11) is 1.25. The van der Waals surface area contributed by atoms with E-state index < -0.39 is 5.97 Å². The number of fused-ring (bicyclic) bond motifs is 1. The first-order chi connectivity index (χ1) is 9.36. The summed E-state index contributed by atoms with van der Waals surface area (Å²) in [5, 5.41) is 3.43. The fourth-order valence-electron chi connectivity index (χ4n) is 1.88. The number of nitrogens with one attached hydrogen (secondary N) is 1. The van der Waals surface area contributed by atoms with Gasteiger partial charge in [-0.25, -0.2) is 4.79 Å². The van der Waals surface area contributed by atoms with E-state index in [-0.39, 0.29) is 27.1 Å². The molecule has 0 bridgehead atoms. The maximum atomic E-state index is 11.8. The summed E-state index contributed by atoms with van der Waals surface area (Å²) in [6, 6.07) is 1.38. The molecule has 0 aliphatic heterocycles. The van der Waals surface area contributed by atoms with Crippen LogP contribution in [0.3, 0.4) is 0 Å². The Morgan fingerprint density at radius 3 is 2.55 bits per heavy atom. The molecule has 0 saturated heterocycles. The van der Waals surface area contributed by atoms with Crippen LogP contribution in [0.5, 0.6) is 0 Å². The Kier molecular flexibility index (Phi) is 3.92. The number of ether oxygens (including phenoxy) is 1. The lowest BCUT2D eigenvalue weighted by Crippen LogP contribution is -2.08. The first kappa shape index (κ1) is 14.7. The predicted octanol–water partition coefficient (Wildman–Crippen LogP) is 3.79. The number of carbonyl (C=O) groups excluding carboxylic acids is 2. The minimum Gasteiger partial charge on any atom is -0.465 e. The Morgan fingerprint density at radius 2 is 2.00 bits per heavy atom. The van der Waals surface area contributed by atoms with E-state index in [1.165, 1.54) is 20.1 Å². The zero-order chi connectivity index (χ0) is 15.0. The number of halogens is 2. The van der Waals surface area contributed by atoms with Gasteiger partial charge in [0.2, 0.25) is 5.91 Å². The van der Waals surface area contributed by atoms with Crippen LogP contribution in [0.4, 0.5) is 5.69 Å². The summed E-state index contributed by atoms with van der Waals surface area (Å²) in [6.07, 6.45) is 0. The number of rotatable bonds is 2. The van der Waals surface area contributed by atoms with E-state index >= 15 is 0 Å². The average molecular weight is 316 g/mol. The van der Waals surface area contributed by atoms with Gasteiger partial charge in [-0.2, -0.15) is 0 Å². The standard InChI is InChI=1S/C13H11Cl2NO4/c1-5-10(15)9-11(16-6(2)17)8(14)4-7(12(9)20-5)13(18)19-3/h4H,1-3H3,(H,16,17). The minimum absolute atomic E-state index is 0.150. The van der Waals surface area contributed by atoms with Crippen LogP contribution in [0, 0.1) is 6.92 Å². The second-order valence-corrected chi connectivity index (χ2v) is 4.92. The van der Waals surface area contributed by atoms with Crippen LogP contribution < -0.4 is 5.32 Å². The molecule has 0 radical (unpaired) electrons. The summed E-state index contributed by atoms with van der Waals surface area (Å²) in [4.78, 5) is 23.0. The molecule has 0 atom stereocenters. The van der Waals surface area contributed by atoms with Crippen molar-refractivity contribution in [3.8, 4) is 0 Å². The number of hydrogen-bond acceptors (Lipinski definition) is 4. The van der Waals surface area contributed by atoms with E-state index in [4.69, 9.17) is 27.6 Å². The monoisotopic (exact) mass is 315 g/mol. The summed E-state index contributed by atoms with van der Waals surface area (Å²) in [5.41, 5.74) is 0.688. The molecule has 1 aromatic heterocycles. The van der Waals surface area contributed by atoms with Crippen LogP contribution in [0.25, 0.3) is 11.0 Å². The summed E-state index contributed by atoms with van der Waals surface area (Å²) >= 11 is 12.3. The van der Waals surface area contributed by atoms with Crippen molar-refractivity contribution in [2.24, 2.45) is 0 Å². The highest BCUT2D eigenvalue weighted by atomic mass is 35.5. The normalized spacial score (nSPS) is 10.7. The number of hydrogen-bond donors (Lipinski definition) is 1. The van der Waals surface area contributed by atoms with Crippen LogP contribution in [-0.4, -0.2) is 19.0 Å². The van der Waals surface area contributed by atoms with Crippen LogP contribution in [-0.2, 0) is 9.53 Å². The largest absolute Gasteiger partial charge is 0.465 e. The van der Waals surface area contributed by atoms with Gasteiger partial charge in [-0.1, -0.05) is 23.2 Å². The van der Waals surface area contributed by atoms with E-state index in [2.05, 4.69) is 10.1 Å². The average Bonchev–Trinajstić information content (AvgIpc) is 2.68. The van der Waals surface area contributed by atoms with Gasteiger partial charge in [0.1, 0.15) is 11.3 Å². The summed E-state index contributed by atoms with van der Waals surface area (Å²) in [6.45, 7) is 2.99. The molecule has 1 aromatic carbocycles. The molecule has 0 fully saturated rings. The molecule has 0 aliphatic carbocycles. The van der Waals surface area contributed by atoms with Gasteiger partial charge < -0.3 is 14.5 Å². The molecule has 1 amide bonds. The molecule has 5 nitrogen and oxygen atoms in total. The Morgan fingerprint density at radius 1 is 1.35 bits per heavy atom. The molecule has 20 heavy (non-hydrogen) atoms. The summed E-state index contributed by atoms with van der Waals surface area (Å²) in [5.74, 6) is -0.494. The van der Waals surface area contributed by atoms with Gasteiger partial charge in [-0.15, -0.1) is 0 Å². The zero-order valence-electron chi connectivity index (χ0n) is 11.0. The second kappa shape index (κ2) is 5.34. The SMILES string of the molecule is COC(=O)c1cc(Cl)c(NC(C)=O)c2c(Cl)c(C)oc12. The smallest absolute Gasteiger partial charge is 0.341 e. The molecule has 7 heteroatoms. The number of furan rings is 1. The van der Waals surface area contributed by atoms with Gasteiger partial charge >= 0.3 is 5.97 Å². The maximum Gasteiger partial charge on any atom is 0.341 e. The molecule has 1 N–H and O–H groups in total. The van der Waals surface area contributed by atoms with Crippen LogP contribution in [0.2, 0.25) is 10.0 Å². The first-order valence-corrected chi connectivity index (χ1v) is 6.39. The van der Waals surface area contributed by atoms with E-state index in [0.717, 1.165) is 0 Å². The van der Waals surface area contributed by atoms with Crippen molar-refractivity contribution in [2.45, 2.75) is 13.8 Å². The van der Waals surface area contributed by atoms with Crippen LogP contribution >= 0.6 is 23.2 Å². The van der Waals surface area contributed by atoms with E-state index in [1.54, 1.807) is 6.92 Å². The fraction of sp³-hybridized carbons (Fsp3) is 0.231. The number of anilines is 1. The number of methoxy groups -OCH3 is 1. The van der Waals surface area contributed by atoms with Crippen molar-refractivity contribution in [1.29, 1.82) is 0 Å². The molecule has 0 saturated carbocycles. The van der Waals surface area contributed by atoms with Gasteiger partial charge in [-0.3, -0.25) is 4.79 Å². The third-order valence-electron chi connectivity index (χ3n) is 2.72. The highest BCUT2D eigenvalue weighted by Crippen LogP contribution is 2.41. The quantitative estimate of drug-likeness (QED) is 0.856. The molecular formula is C13H11Cl2NO4. The lowest BCUT2D eigenvalue weighted by Gasteiger charge is -2.09. The molecule has 2 rings (SSSR count). The number of benzene rings is 1. The Hall–Kier alpha value is -1.72. The molecular weight excluding hydrogens is 305 g/mol. The topological polar surface area (TPSA) is 68.5 Å². The maximum absolute atomic E-state index is 11.8. The van der Waals surface area contributed by atoms with Gasteiger partial charge in [0, 0.05) is 6.92 Å². The number of amides is 1. The highest BCUT2D eigenvalue weighted by Gasteiger charge is 2.24. The van der Waals surface area contributed by atoms with Crippen LogP contribution in [0.15, 0.2) is 10.5 Å². The second-order valence-electron chi connectivity index (χ2n) is 4.13. The molecule has 0 aliphatic rings. The van der Waals surface area contributed by atoms with Gasteiger partial charge in [0.15, 0.2) is 5.58 Å². The van der Waals surface area contributed by atoms with Gasteiger partial charge in [0.05, 0.1) is 28.2 Å². The van der Waals surface area contributed by atoms with Gasteiger partial charge in [-0.05, 0) is 13.0 Å². The van der Waals surface area contributed by atoms with Crippen molar-refractivity contribution < 1.29 is 18.7 Å². The molecule has 2 aromatic rings. The Bertz CT molecular complexity index is 721. The van der Waals surface area contributed by atoms with E-state index in [9.17, 15) is 9.59 Å². The van der Waals surface area contributed by atoms with Crippen molar-refractivity contribution in [3.63, 3.8) is 0 Å². The molecule has 106 valence electrons. The van der Waals surface area contributed by atoms with Crippen molar-refractivity contribution in [3.05, 3.63) is 27.4 Å². The van der Waals surface area contributed by atoms with Crippen molar-refractivity contribution >= 4 is 51.7 Å². The van der Waals surface area contributed by atoms with E-state index in [0.29, 0.717) is 16.8 Å². The third kappa shape index (κ3) is 2.34. The lowest BCUT2D eigenvalue weighted by atomic mass is 10.1. The third-order valence-corrected chi connectivity index (χ3v) is 3.47. The first-order valence-electron chi connectivity index (χ1n) is 5.63. The van der Waals surface area contributed by atoms with Crippen LogP contribution in [0.1, 0.15) is 23.0 Å². The van der Waals surface area contributed by atoms with E-state index in [1.807, 2.05) is 0 Å². The molecule has 0 spiro atoms. The number of esters is 1. The van der Waals surface area contributed by atoms with Crippen molar-refractivity contribution in [2.75, 3.05) is 12.4 Å². The number of aryl methyl sites for hydroxylation is 1. The van der Waals surface area contributed by atoms with Gasteiger partial charge in [0.25, 0.3) is 0 Å². The Balaban J connectivity index is 2.86. The molecule has 1 heterocycles. The lowest BCUT2D eigenvalue weighted by molar-refractivity contribution is -0.114. The molecule has 0 unspecified atom stereocenters. The Labute approximate surface area is 124 Å². The minimum atomic E-state index is -0.600. The summed E-state index contributed by atoms with van der Waals surface area (Å²) < 4.78 is 10.2. The van der Waals surface area contributed by atoms with Crippen molar-refractivity contribution in [1.82, 2.24) is 0 Å².